The molecule has 2 heterocycles. The number of nitrogens with one attached hydrogen (secondary N) is 2. The van der Waals surface area contributed by atoms with E-state index >= 15 is 0 Å². The van der Waals surface area contributed by atoms with Crippen molar-refractivity contribution < 1.29 is 0 Å². The first kappa shape index (κ1) is 18.7. The molecule has 0 radical (unpaired) electrons. The van der Waals surface area contributed by atoms with E-state index in [0.717, 1.165) is 23.2 Å². The fraction of sp³-hybridized carbons (Fsp3) is 0.500. The van der Waals surface area contributed by atoms with Gasteiger partial charge in [0.05, 0.1) is 23.3 Å². The quantitative estimate of drug-likeness (QED) is 0.620. The summed E-state index contributed by atoms with van der Waals surface area (Å²) in [5.41, 5.74) is 3.70. The molecule has 1 aliphatic rings. The molecular weight excluding hydrogens is 342 g/mol. The van der Waals surface area contributed by atoms with Crippen LogP contribution in [-0.2, 0) is 6.54 Å². The van der Waals surface area contributed by atoms with Gasteiger partial charge in [-0.15, -0.1) is 11.3 Å². The molecule has 1 aromatic carbocycles. The Bertz CT molecular complexity index is 761. The lowest BCUT2D eigenvalue weighted by Gasteiger charge is -2.22. The second-order valence-corrected chi connectivity index (χ2v) is 8.11. The van der Waals surface area contributed by atoms with Crippen LogP contribution in [0.3, 0.4) is 0 Å². The lowest BCUT2D eigenvalue weighted by atomic mass is 10.1. The van der Waals surface area contributed by atoms with Crippen LogP contribution >= 0.6 is 11.3 Å². The van der Waals surface area contributed by atoms with Gasteiger partial charge in [-0.25, -0.2) is 4.98 Å². The first-order chi connectivity index (χ1) is 12.6. The van der Waals surface area contributed by atoms with Crippen LogP contribution in [-0.4, -0.2) is 31.1 Å². The van der Waals surface area contributed by atoms with Crippen molar-refractivity contribution in [1.29, 1.82) is 0 Å². The Balaban J connectivity index is 1.61. The Morgan fingerprint density at radius 1 is 1.31 bits per heavy atom. The van der Waals surface area contributed by atoms with Gasteiger partial charge in [0.2, 0.25) is 0 Å². The Hall–Kier alpha value is -2.08. The molecule has 1 unspecified atom stereocenters. The van der Waals surface area contributed by atoms with Gasteiger partial charge in [-0.2, -0.15) is 0 Å². The number of nitrogens with zero attached hydrogens (tertiary/aromatic N) is 3. The van der Waals surface area contributed by atoms with Gasteiger partial charge in [-0.1, -0.05) is 12.1 Å². The lowest BCUT2D eigenvalue weighted by molar-refractivity contribution is 0.685. The molecule has 6 heteroatoms. The molecule has 140 valence electrons. The van der Waals surface area contributed by atoms with Crippen LogP contribution < -0.4 is 15.5 Å². The zero-order valence-corrected chi connectivity index (χ0v) is 17.0. The van der Waals surface area contributed by atoms with Crippen molar-refractivity contribution in [3.63, 3.8) is 0 Å². The van der Waals surface area contributed by atoms with Crippen molar-refractivity contribution in [2.75, 3.05) is 25.0 Å². The van der Waals surface area contributed by atoms with Crippen LogP contribution in [0.5, 0.6) is 0 Å². The summed E-state index contributed by atoms with van der Waals surface area (Å²) < 4.78 is 0. The summed E-state index contributed by atoms with van der Waals surface area (Å²) >= 11 is 1.74. The summed E-state index contributed by atoms with van der Waals surface area (Å²) in [5, 5.41) is 8.02. The van der Waals surface area contributed by atoms with Crippen LogP contribution in [0.15, 0.2) is 29.3 Å². The fourth-order valence-electron chi connectivity index (χ4n) is 3.35. The molecule has 2 N–H and O–H groups in total. The molecule has 1 atom stereocenters. The van der Waals surface area contributed by atoms with Crippen LogP contribution in [0.4, 0.5) is 5.69 Å². The van der Waals surface area contributed by atoms with Crippen molar-refractivity contribution in [3.05, 3.63) is 45.4 Å². The summed E-state index contributed by atoms with van der Waals surface area (Å²) in [6, 6.07) is 9.03. The van der Waals surface area contributed by atoms with Crippen molar-refractivity contribution >= 4 is 23.0 Å². The molecule has 5 nitrogen and oxygen atoms in total. The highest BCUT2D eigenvalue weighted by Gasteiger charge is 2.15. The molecule has 0 bridgehead atoms. The number of rotatable bonds is 5. The summed E-state index contributed by atoms with van der Waals surface area (Å²) in [6.45, 7) is 9.37. The molecule has 1 aromatic heterocycles. The minimum absolute atomic E-state index is 0.188. The van der Waals surface area contributed by atoms with E-state index in [1.165, 1.54) is 42.1 Å². The van der Waals surface area contributed by atoms with Crippen LogP contribution in [0.25, 0.3) is 0 Å². The number of aryl methyl sites for hydroxylation is 2. The topological polar surface area (TPSA) is 52.6 Å². The minimum atomic E-state index is 0.188. The highest BCUT2D eigenvalue weighted by atomic mass is 32.1. The van der Waals surface area contributed by atoms with E-state index in [-0.39, 0.29) is 6.04 Å². The van der Waals surface area contributed by atoms with E-state index in [9.17, 15) is 0 Å². The summed E-state index contributed by atoms with van der Waals surface area (Å²) in [4.78, 5) is 12.6. The van der Waals surface area contributed by atoms with Gasteiger partial charge in [0.15, 0.2) is 5.96 Å². The largest absolute Gasteiger partial charge is 0.372 e. The van der Waals surface area contributed by atoms with E-state index in [1.54, 1.807) is 11.3 Å². The van der Waals surface area contributed by atoms with Crippen LogP contribution in [0, 0.1) is 13.8 Å². The number of aromatic nitrogens is 1. The third kappa shape index (κ3) is 4.55. The molecule has 26 heavy (non-hydrogen) atoms. The maximum absolute atomic E-state index is 4.48. The lowest BCUT2D eigenvalue weighted by Crippen LogP contribution is -2.38. The number of anilines is 1. The van der Waals surface area contributed by atoms with Gasteiger partial charge >= 0.3 is 0 Å². The number of hydrogen-bond acceptors (Lipinski definition) is 4. The number of aliphatic imine (C=N–C) groups is 1. The fourth-order valence-corrected chi connectivity index (χ4v) is 4.23. The van der Waals surface area contributed by atoms with Crippen LogP contribution in [0.1, 0.15) is 46.9 Å². The third-order valence-electron chi connectivity index (χ3n) is 4.83. The molecule has 0 amide bonds. The van der Waals surface area contributed by atoms with Gasteiger partial charge in [0.1, 0.15) is 0 Å². The SMILES string of the molecule is CN=C(NCc1sc(C)nc1C)NC(C)c1cccc(N2CCCC2)c1. The van der Waals surface area contributed by atoms with Gasteiger partial charge in [0, 0.05) is 30.7 Å². The maximum atomic E-state index is 4.48. The van der Waals surface area contributed by atoms with E-state index in [0.29, 0.717) is 0 Å². The molecular formula is C20H29N5S. The second kappa shape index (κ2) is 8.54. The van der Waals surface area contributed by atoms with E-state index in [1.807, 2.05) is 14.0 Å². The summed E-state index contributed by atoms with van der Waals surface area (Å²) in [7, 11) is 1.81. The Morgan fingerprint density at radius 3 is 2.73 bits per heavy atom. The Labute approximate surface area is 160 Å². The van der Waals surface area contributed by atoms with E-state index < -0.39 is 0 Å². The summed E-state index contributed by atoms with van der Waals surface area (Å²) in [5.74, 6) is 0.814. The van der Waals surface area contributed by atoms with Gasteiger partial charge in [-0.05, 0) is 51.3 Å². The Kier molecular flexibility index (Phi) is 6.14. The monoisotopic (exact) mass is 371 g/mol. The van der Waals surface area contributed by atoms with E-state index in [4.69, 9.17) is 0 Å². The van der Waals surface area contributed by atoms with Gasteiger partial charge in [0.25, 0.3) is 0 Å². The van der Waals surface area contributed by atoms with Crippen LogP contribution in [0.2, 0.25) is 0 Å². The highest BCUT2D eigenvalue weighted by molar-refractivity contribution is 7.11. The van der Waals surface area contributed by atoms with Crippen molar-refractivity contribution in [3.8, 4) is 0 Å². The summed E-state index contributed by atoms with van der Waals surface area (Å²) in [6.07, 6.45) is 2.59. The molecule has 1 saturated heterocycles. The number of guanidine groups is 1. The normalized spacial score (nSPS) is 16.0. The average molecular weight is 372 g/mol. The van der Waals surface area contributed by atoms with Crippen molar-refractivity contribution in [2.24, 2.45) is 4.99 Å². The first-order valence-corrected chi connectivity index (χ1v) is 10.1. The number of hydrogen-bond donors (Lipinski definition) is 2. The predicted octanol–water partition coefficient (Wildman–Crippen LogP) is 3.79. The highest BCUT2D eigenvalue weighted by Crippen LogP contribution is 2.24. The van der Waals surface area contributed by atoms with Crippen molar-refractivity contribution in [1.82, 2.24) is 15.6 Å². The number of thiazole rings is 1. The minimum Gasteiger partial charge on any atom is -0.372 e. The van der Waals surface area contributed by atoms with Gasteiger partial charge in [-0.3, -0.25) is 4.99 Å². The predicted molar refractivity (Wildman–Crippen MR) is 111 cm³/mol. The third-order valence-corrected chi connectivity index (χ3v) is 5.91. The molecule has 2 aromatic rings. The number of benzene rings is 1. The zero-order valence-electron chi connectivity index (χ0n) is 16.2. The smallest absolute Gasteiger partial charge is 0.191 e. The second-order valence-electron chi connectivity index (χ2n) is 6.82. The first-order valence-electron chi connectivity index (χ1n) is 9.32. The standard InChI is InChI=1S/C20H29N5S/c1-14(17-8-7-9-18(12-17)25-10-5-6-11-25)24-20(21-4)22-13-19-15(2)23-16(3)26-19/h7-9,12,14H,5-6,10-11,13H2,1-4H3,(H2,21,22,24). The average Bonchev–Trinajstić information content (AvgIpc) is 3.28. The molecule has 0 saturated carbocycles. The van der Waals surface area contributed by atoms with E-state index in [2.05, 4.69) is 63.6 Å². The molecule has 0 aliphatic carbocycles. The molecule has 1 fully saturated rings. The maximum Gasteiger partial charge on any atom is 0.191 e. The molecule has 1 aliphatic heterocycles. The Morgan fingerprint density at radius 2 is 2.08 bits per heavy atom. The zero-order chi connectivity index (χ0) is 18.5. The van der Waals surface area contributed by atoms with Gasteiger partial charge < -0.3 is 15.5 Å². The van der Waals surface area contributed by atoms with Crippen molar-refractivity contribution in [2.45, 2.75) is 46.2 Å². The molecule has 3 rings (SSSR count). The molecule has 0 spiro atoms.